The summed E-state index contributed by atoms with van der Waals surface area (Å²) in [5.41, 5.74) is 0.285. The quantitative estimate of drug-likeness (QED) is 0.117. The highest BCUT2D eigenvalue weighted by Crippen LogP contribution is 2.36. The largest absolute Gasteiger partial charge is 0.481 e. The third-order valence-electron chi connectivity index (χ3n) is 5.96. The van der Waals surface area contributed by atoms with E-state index < -0.39 is 15.5 Å². The van der Waals surface area contributed by atoms with Crippen LogP contribution in [-0.4, -0.2) is 25.7 Å². The predicted molar refractivity (Wildman–Crippen MR) is 151 cm³/mol. The number of nitrogens with zero attached hydrogens (tertiary/aromatic N) is 5. The lowest BCUT2D eigenvalue weighted by molar-refractivity contribution is -0.385. The molecule has 0 aliphatic rings. The molecule has 13 heteroatoms. The number of halogens is 2. The molecule has 1 atom stereocenters. The first-order chi connectivity index (χ1) is 18.6. The van der Waals surface area contributed by atoms with Gasteiger partial charge in [-0.05, 0) is 36.2 Å². The molecule has 1 heterocycles. The minimum Gasteiger partial charge on any atom is -0.481 e. The number of fused-ring (bicyclic) bond motifs is 1. The maximum Gasteiger partial charge on any atom is 0.313 e. The molecule has 1 aromatic heterocycles. The van der Waals surface area contributed by atoms with E-state index in [1.165, 1.54) is 41.2 Å². The molecule has 0 spiro atoms. The summed E-state index contributed by atoms with van der Waals surface area (Å²) in [6.45, 7) is 3.71. The van der Waals surface area contributed by atoms with Crippen LogP contribution in [0.25, 0.3) is 10.9 Å². The van der Waals surface area contributed by atoms with E-state index >= 15 is 0 Å². The number of nitro benzene ring substituents is 2. The number of hydrogen-bond acceptors (Lipinski definition) is 8. The zero-order valence-corrected chi connectivity index (χ0v) is 23.0. The molecule has 0 aliphatic heterocycles. The van der Waals surface area contributed by atoms with Gasteiger partial charge in [0.25, 0.3) is 11.2 Å². The molecule has 0 saturated heterocycles. The van der Waals surface area contributed by atoms with Crippen molar-refractivity contribution in [3.63, 3.8) is 0 Å². The van der Waals surface area contributed by atoms with Crippen molar-refractivity contribution in [2.45, 2.75) is 32.8 Å². The maximum atomic E-state index is 13.3. The van der Waals surface area contributed by atoms with Gasteiger partial charge in [0.15, 0.2) is 0 Å². The van der Waals surface area contributed by atoms with Crippen LogP contribution in [0.4, 0.5) is 11.4 Å². The minimum absolute atomic E-state index is 0.0638. The highest BCUT2D eigenvalue weighted by atomic mass is 79.9. The Morgan fingerprint density at radius 1 is 1.15 bits per heavy atom. The molecule has 0 fully saturated rings. The summed E-state index contributed by atoms with van der Waals surface area (Å²) in [5, 5.41) is 27.5. The predicted octanol–water partition coefficient (Wildman–Crippen LogP) is 6.60. The number of nitro groups is 2. The van der Waals surface area contributed by atoms with Gasteiger partial charge in [-0.15, -0.1) is 0 Å². The fourth-order valence-corrected chi connectivity index (χ4v) is 4.41. The van der Waals surface area contributed by atoms with Crippen molar-refractivity contribution in [1.82, 2.24) is 9.66 Å². The third-order valence-corrected chi connectivity index (χ3v) is 6.73. The lowest BCUT2D eigenvalue weighted by atomic mass is 10.1. The Kier molecular flexibility index (Phi) is 8.36. The Hall–Kier alpha value is -4.16. The molecule has 0 aliphatic carbocycles. The van der Waals surface area contributed by atoms with Crippen molar-refractivity contribution in [2.24, 2.45) is 5.10 Å². The molecule has 0 saturated carbocycles. The number of non-ortho nitro benzene ring substituents is 1. The normalized spacial score (nSPS) is 12.1. The molecular formula is C26H21BrClN5O6. The number of ether oxygens (including phenoxy) is 1. The van der Waals surface area contributed by atoms with E-state index in [0.717, 1.165) is 0 Å². The number of rotatable bonds is 9. The lowest BCUT2D eigenvalue weighted by Crippen LogP contribution is -2.23. The van der Waals surface area contributed by atoms with Crippen LogP contribution < -0.4 is 10.3 Å². The maximum absolute atomic E-state index is 13.3. The molecule has 200 valence electrons. The second-order valence-corrected chi connectivity index (χ2v) is 9.95. The van der Waals surface area contributed by atoms with Crippen molar-refractivity contribution < 1.29 is 14.6 Å². The summed E-state index contributed by atoms with van der Waals surface area (Å²) < 4.78 is 7.50. The van der Waals surface area contributed by atoms with Gasteiger partial charge in [-0.25, -0.2) is 4.98 Å². The average molecular weight is 615 g/mol. The van der Waals surface area contributed by atoms with Crippen molar-refractivity contribution in [2.75, 3.05) is 0 Å². The highest BCUT2D eigenvalue weighted by molar-refractivity contribution is 9.10. The van der Waals surface area contributed by atoms with Crippen molar-refractivity contribution in [3.05, 3.63) is 112 Å². The summed E-state index contributed by atoms with van der Waals surface area (Å²) in [5.74, 6) is 0.163. The molecule has 0 amide bonds. The first kappa shape index (κ1) is 27.9. The Labute approximate surface area is 235 Å². The van der Waals surface area contributed by atoms with Crippen LogP contribution in [0.3, 0.4) is 0 Å². The van der Waals surface area contributed by atoms with E-state index in [4.69, 9.17) is 16.3 Å². The first-order valence-electron chi connectivity index (χ1n) is 11.7. The second kappa shape index (κ2) is 11.7. The van der Waals surface area contributed by atoms with E-state index in [1.807, 2.05) is 13.8 Å². The number of aromatic nitrogens is 2. The molecule has 0 radical (unpaired) electrons. The van der Waals surface area contributed by atoms with Gasteiger partial charge < -0.3 is 4.74 Å². The zero-order chi connectivity index (χ0) is 28.3. The third kappa shape index (κ3) is 6.13. The fourth-order valence-electron chi connectivity index (χ4n) is 3.77. The van der Waals surface area contributed by atoms with Gasteiger partial charge in [0.1, 0.15) is 12.4 Å². The fraction of sp³-hybridized carbons (Fsp3) is 0.192. The topological polar surface area (TPSA) is 143 Å². The van der Waals surface area contributed by atoms with E-state index in [1.54, 1.807) is 24.3 Å². The standard InChI is InChI=1S/C26H21BrClN5O6/c1-3-15(2)25-30-22-8-7-18(27)12-20(22)26(34)31(25)29-13-17-10-21(28)24(23(11-17)33(37)38)39-14-16-5-4-6-19(9-16)32(35)36/h4-13,15H,3,14H2,1-2H3/t15-/m1/s1. The van der Waals surface area contributed by atoms with Gasteiger partial charge in [0.05, 0.1) is 32.0 Å². The van der Waals surface area contributed by atoms with E-state index in [0.29, 0.717) is 33.2 Å². The number of benzene rings is 3. The van der Waals surface area contributed by atoms with Gasteiger partial charge in [0, 0.05) is 34.2 Å². The van der Waals surface area contributed by atoms with Crippen LogP contribution in [0.15, 0.2) is 69.0 Å². The molecule has 11 nitrogen and oxygen atoms in total. The summed E-state index contributed by atoms with van der Waals surface area (Å²) in [6, 6.07) is 13.6. The SMILES string of the molecule is CC[C@@H](C)c1nc2ccc(Br)cc2c(=O)n1N=Cc1cc(Cl)c(OCc2cccc([N+](=O)[O-])c2)c([N+](=O)[O-])c1. The van der Waals surface area contributed by atoms with E-state index in [9.17, 15) is 25.0 Å². The van der Waals surface area contributed by atoms with E-state index in [-0.39, 0.29) is 40.1 Å². The summed E-state index contributed by atoms with van der Waals surface area (Å²) in [7, 11) is 0. The molecule has 0 bridgehead atoms. The Balaban J connectivity index is 1.71. The molecule has 4 rings (SSSR count). The molecule has 0 unspecified atom stereocenters. The van der Waals surface area contributed by atoms with Crippen molar-refractivity contribution in [3.8, 4) is 5.75 Å². The van der Waals surface area contributed by atoms with Crippen LogP contribution in [-0.2, 0) is 6.61 Å². The van der Waals surface area contributed by atoms with Gasteiger partial charge in [-0.2, -0.15) is 9.78 Å². The van der Waals surface area contributed by atoms with Crippen molar-refractivity contribution >= 4 is 56.0 Å². The molecular weight excluding hydrogens is 594 g/mol. The van der Waals surface area contributed by atoms with Crippen LogP contribution in [0.2, 0.25) is 5.02 Å². The van der Waals surface area contributed by atoms with Crippen LogP contribution in [0.5, 0.6) is 5.75 Å². The minimum atomic E-state index is -0.655. The summed E-state index contributed by atoms with van der Waals surface area (Å²) >= 11 is 9.72. The monoisotopic (exact) mass is 613 g/mol. The number of hydrogen-bond donors (Lipinski definition) is 0. The molecule has 4 aromatic rings. The van der Waals surface area contributed by atoms with Crippen LogP contribution in [0.1, 0.15) is 43.1 Å². The van der Waals surface area contributed by atoms with E-state index in [2.05, 4.69) is 26.0 Å². The lowest BCUT2D eigenvalue weighted by Gasteiger charge is -2.14. The molecule has 3 aromatic carbocycles. The molecule has 0 N–H and O–H groups in total. The Morgan fingerprint density at radius 2 is 1.92 bits per heavy atom. The smallest absolute Gasteiger partial charge is 0.313 e. The Bertz CT molecular complexity index is 1690. The second-order valence-electron chi connectivity index (χ2n) is 8.63. The zero-order valence-electron chi connectivity index (χ0n) is 20.7. The summed E-state index contributed by atoms with van der Waals surface area (Å²) in [6.07, 6.45) is 2.00. The van der Waals surface area contributed by atoms with Gasteiger partial charge >= 0.3 is 5.69 Å². The Morgan fingerprint density at radius 3 is 2.62 bits per heavy atom. The van der Waals surface area contributed by atoms with Gasteiger partial charge in [-0.1, -0.05) is 53.5 Å². The molecule has 39 heavy (non-hydrogen) atoms. The summed E-state index contributed by atoms with van der Waals surface area (Å²) in [4.78, 5) is 39.6. The van der Waals surface area contributed by atoms with Gasteiger partial charge in [0.2, 0.25) is 5.75 Å². The van der Waals surface area contributed by atoms with Gasteiger partial charge in [-0.3, -0.25) is 25.0 Å². The first-order valence-corrected chi connectivity index (χ1v) is 12.9. The van der Waals surface area contributed by atoms with Crippen LogP contribution >= 0.6 is 27.5 Å². The average Bonchev–Trinajstić information content (AvgIpc) is 2.91. The van der Waals surface area contributed by atoms with Crippen LogP contribution in [0, 0.1) is 20.2 Å². The van der Waals surface area contributed by atoms with Crippen molar-refractivity contribution in [1.29, 1.82) is 0 Å². The highest BCUT2D eigenvalue weighted by Gasteiger charge is 2.21.